The van der Waals surface area contributed by atoms with Gasteiger partial charge in [0.05, 0.1) is 11.8 Å². The minimum absolute atomic E-state index is 0.108. The maximum atomic E-state index is 12.4. The molecule has 0 fully saturated rings. The average Bonchev–Trinajstić information content (AvgIpc) is 0.807. The van der Waals surface area contributed by atoms with Crippen molar-refractivity contribution in [2.75, 3.05) is 37.9 Å². The Labute approximate surface area is 711 Å². The van der Waals surface area contributed by atoms with Crippen LogP contribution in [0.25, 0.3) is 0 Å². The fraction of sp³-hybridized carbons (Fsp3) is 0.938. The molecule has 0 saturated carbocycles. The van der Waals surface area contributed by atoms with Gasteiger partial charge in [-0.25, -0.2) is 0 Å². The highest BCUT2D eigenvalue weighted by molar-refractivity contribution is 7.99. The van der Waals surface area contributed by atoms with E-state index in [2.05, 4.69) is 41.5 Å². The molecule has 0 aliphatic rings. The van der Waals surface area contributed by atoms with Crippen molar-refractivity contribution in [1.29, 1.82) is 0 Å². The highest BCUT2D eigenvalue weighted by atomic mass is 32.2. The van der Waals surface area contributed by atoms with E-state index in [4.69, 9.17) is 72.9 Å². The molecule has 0 aliphatic heterocycles. The van der Waals surface area contributed by atoms with Crippen LogP contribution >= 0.6 is 60.6 Å². The minimum Gasteiger partial charge on any atom is -0.486 e. The van der Waals surface area contributed by atoms with Crippen molar-refractivity contribution in [3.63, 3.8) is 0 Å². The van der Waals surface area contributed by atoms with Crippen LogP contribution < -0.4 is 0 Å². The molecule has 0 unspecified atom stereocenters. The molecule has 0 atom stereocenters. The van der Waals surface area contributed by atoms with E-state index in [1.807, 2.05) is 0 Å². The van der Waals surface area contributed by atoms with E-state index in [1.165, 1.54) is 410 Å². The Hall–Kier alpha value is -1.15. The number of carboxylic acid groups (broad SMARTS) is 2. The minimum atomic E-state index is -0.802. The summed E-state index contributed by atoms with van der Waals surface area (Å²) >= 11 is 25.1. The fourth-order valence-electron chi connectivity index (χ4n) is 15.1. The molecule has 2 N–H and O–H groups in total. The predicted octanol–water partition coefficient (Wildman–Crippen LogP) is 34.4. The summed E-state index contributed by atoms with van der Waals surface area (Å²) in [5, 5.41) is 21.8. The van der Waals surface area contributed by atoms with Crippen molar-refractivity contribution >= 4 is 92.8 Å². The highest BCUT2D eigenvalue weighted by Gasteiger charge is 2.38. The molecule has 0 amide bonds. The van der Waals surface area contributed by atoms with Crippen molar-refractivity contribution in [2.45, 2.75) is 536 Å². The summed E-state index contributed by atoms with van der Waals surface area (Å²) < 4.78 is 26.0. The number of unbranched alkanes of at least 4 members (excludes halogenated alkanes) is 64. The highest BCUT2D eigenvalue weighted by Crippen LogP contribution is 2.37. The van der Waals surface area contributed by atoms with Gasteiger partial charge in [-0.3, -0.25) is 9.59 Å². The lowest BCUT2D eigenvalue weighted by atomic mass is 9.79. The molecule has 0 aliphatic carbocycles. The van der Waals surface area contributed by atoms with Gasteiger partial charge in [0.1, 0.15) is 31.8 Å². The zero-order valence-electron chi connectivity index (χ0n) is 74.1. The van der Waals surface area contributed by atoms with Crippen molar-refractivity contribution < 1.29 is 38.7 Å². The number of thiocarbonyl (C=S) groups is 4. The molecule has 110 heavy (non-hydrogen) atoms. The lowest BCUT2D eigenvalue weighted by Crippen LogP contribution is -2.43. The first-order valence-corrected chi connectivity index (χ1v) is 51.2. The lowest BCUT2D eigenvalue weighted by Gasteiger charge is -2.33. The van der Waals surface area contributed by atoms with Gasteiger partial charge in [-0.2, -0.15) is 11.8 Å². The molecule has 0 saturated heterocycles. The van der Waals surface area contributed by atoms with Gasteiger partial charge in [0.2, 0.25) is 0 Å². The number of rotatable bonds is 90. The Bertz CT molecular complexity index is 1760. The SMILES string of the molecule is CCCCCCCCCCCCCC(CCCCCCCCCCCCC)(CSCCC(=O)O)C(=O)O.CCCCCCCCCCCCCCC(=S)OCC(COC(=S)CCCCCCCCCCCCCC)(COC(=S)CCCCCCCCCCCCCC)COC(=S)CCCCCCCCCCCCCC. The van der Waals surface area contributed by atoms with Crippen LogP contribution in [0.1, 0.15) is 536 Å². The van der Waals surface area contributed by atoms with Gasteiger partial charge in [0, 0.05) is 37.2 Å². The molecule has 0 spiro atoms. The number of ether oxygens (including phenoxy) is 4. The topological polar surface area (TPSA) is 112 Å². The Balaban J connectivity index is 0. The first kappa shape index (κ1) is 111. The number of aliphatic carboxylic acids is 2. The summed E-state index contributed by atoms with van der Waals surface area (Å²) in [6, 6.07) is 0. The van der Waals surface area contributed by atoms with Crippen LogP contribution in [-0.2, 0) is 28.5 Å². The second kappa shape index (κ2) is 90.2. The molecule has 8 nitrogen and oxygen atoms in total. The van der Waals surface area contributed by atoms with Gasteiger partial charge in [-0.05, 0) is 87.4 Å². The van der Waals surface area contributed by atoms with E-state index in [-0.39, 0.29) is 6.42 Å². The van der Waals surface area contributed by atoms with Crippen LogP contribution in [0, 0.1) is 10.8 Å². The molecule has 0 aromatic carbocycles. The number of hydrogen-bond donors (Lipinski definition) is 2. The van der Waals surface area contributed by atoms with Crippen molar-refractivity contribution in [3.8, 4) is 0 Å². The Morgan fingerprint density at radius 1 is 0.245 bits per heavy atom. The summed E-state index contributed by atoms with van der Waals surface area (Å²) in [4.78, 5) is 23.3. The number of hydrogen-bond acceptors (Lipinski definition) is 11. The smallest absolute Gasteiger partial charge is 0.310 e. The standard InChI is InChI=1S/C65H124O4S4.C32H62O4S/c1-5-9-13-17-21-25-29-33-37-41-45-49-53-61(70)66-57-65(58-67-62(71)54-50-46-42-38-34-30-26-22-18-14-10-6-2,59-68-63(72)55-51-47-43-39-35-31-27-23-19-15-11-7-3)60-69-64(73)56-52-48-44-40-36-32-28-24-20-16-12-8-4;1-3-5-7-9-11-13-15-17-19-21-23-26-32(31(35)36,29-37-28-25-30(33)34)27-24-22-20-18-16-14-12-10-8-6-4-2/h5-60H2,1-4H3;3-29H2,1-2H3,(H,33,34)(H,35,36). The summed E-state index contributed by atoms with van der Waals surface area (Å²) in [5.41, 5.74) is -1.36. The lowest BCUT2D eigenvalue weighted by molar-refractivity contribution is -0.148. The number of thioether (sulfide) groups is 1. The summed E-state index contributed by atoms with van der Waals surface area (Å²) in [7, 11) is 0. The second-order valence-corrected chi connectivity index (χ2v) is 37.0. The molecule has 0 rings (SSSR count). The molecule has 0 bridgehead atoms. The normalized spacial score (nSPS) is 11.6. The third kappa shape index (κ3) is 82.0. The Morgan fingerprint density at radius 2 is 0.409 bits per heavy atom. The molecule has 0 heterocycles. The second-order valence-electron chi connectivity index (χ2n) is 34.1. The van der Waals surface area contributed by atoms with Gasteiger partial charge >= 0.3 is 11.9 Å². The maximum absolute atomic E-state index is 12.4. The van der Waals surface area contributed by atoms with Crippen molar-refractivity contribution in [1.82, 2.24) is 0 Å². The summed E-state index contributed by atoms with van der Waals surface area (Å²) in [6.45, 7) is 15.0. The Kier molecular flexibility index (Phi) is 90.9. The van der Waals surface area contributed by atoms with Crippen LogP contribution in [0.5, 0.6) is 0 Å². The fourth-order valence-corrected chi connectivity index (χ4v) is 17.2. The van der Waals surface area contributed by atoms with E-state index in [9.17, 15) is 14.7 Å². The summed E-state index contributed by atoms with van der Waals surface area (Å²) in [6.07, 6.45) is 96.0. The van der Waals surface area contributed by atoms with Gasteiger partial charge in [0.25, 0.3) is 0 Å². The number of carbonyl (C=O) groups is 2. The van der Waals surface area contributed by atoms with E-state index < -0.39 is 22.8 Å². The third-order valence-electron chi connectivity index (χ3n) is 22.9. The largest absolute Gasteiger partial charge is 0.486 e. The van der Waals surface area contributed by atoms with Crippen LogP contribution in [0.2, 0.25) is 0 Å². The zero-order valence-corrected chi connectivity index (χ0v) is 78.2. The van der Waals surface area contributed by atoms with Gasteiger partial charge in [-0.1, -0.05) is 465 Å². The first-order valence-electron chi connectivity index (χ1n) is 48.5. The molecular weight excluding hydrogens is 1450 g/mol. The molecule has 0 aromatic rings. The maximum Gasteiger partial charge on any atom is 0.310 e. The van der Waals surface area contributed by atoms with Crippen molar-refractivity contribution in [2.24, 2.45) is 10.8 Å². The summed E-state index contributed by atoms with van der Waals surface area (Å²) in [5.74, 6) is -0.426. The Morgan fingerprint density at radius 3 is 0.573 bits per heavy atom. The predicted molar refractivity (Wildman–Crippen MR) is 501 cm³/mol. The number of carboxylic acids is 2. The average molecular weight is 1640 g/mol. The molecule has 652 valence electrons. The molecule has 13 heteroatoms. The van der Waals surface area contributed by atoms with Crippen molar-refractivity contribution in [3.05, 3.63) is 0 Å². The quantitative estimate of drug-likeness (QED) is 0.0446. The molecule has 0 aromatic heterocycles. The van der Waals surface area contributed by atoms with Gasteiger partial charge in [0.15, 0.2) is 20.2 Å². The van der Waals surface area contributed by atoms with E-state index in [1.54, 1.807) is 0 Å². The van der Waals surface area contributed by atoms with Crippen LogP contribution in [0.15, 0.2) is 0 Å². The zero-order chi connectivity index (χ0) is 80.7. The van der Waals surface area contributed by atoms with E-state index in [0.717, 1.165) is 89.9 Å². The monoisotopic (exact) mass is 1640 g/mol. The van der Waals surface area contributed by atoms with Gasteiger partial charge < -0.3 is 29.2 Å². The van der Waals surface area contributed by atoms with E-state index >= 15 is 0 Å². The van der Waals surface area contributed by atoms with Crippen LogP contribution in [0.4, 0.5) is 0 Å². The van der Waals surface area contributed by atoms with E-state index in [0.29, 0.717) is 58.1 Å². The van der Waals surface area contributed by atoms with Gasteiger partial charge in [-0.15, -0.1) is 0 Å². The van der Waals surface area contributed by atoms with Crippen LogP contribution in [-0.4, -0.2) is 80.3 Å². The molecular formula is C97H186O8S5. The first-order chi connectivity index (χ1) is 53.8. The molecule has 0 radical (unpaired) electrons. The third-order valence-corrected chi connectivity index (χ3v) is 25.4. The van der Waals surface area contributed by atoms with Crippen LogP contribution in [0.3, 0.4) is 0 Å².